The Kier molecular flexibility index (Phi) is 8.22. The van der Waals surface area contributed by atoms with Crippen LogP contribution in [0, 0.1) is 5.92 Å². The molecule has 2 atom stereocenters. The summed E-state index contributed by atoms with van der Waals surface area (Å²) >= 11 is 0. The van der Waals surface area contributed by atoms with E-state index in [1.165, 1.54) is 0 Å². The van der Waals surface area contributed by atoms with Gasteiger partial charge in [0.15, 0.2) is 0 Å². The number of piperidine rings is 1. The summed E-state index contributed by atoms with van der Waals surface area (Å²) in [6.07, 6.45) is 6.65. The molecule has 1 aliphatic carbocycles. The second-order valence-corrected chi connectivity index (χ2v) is 7.16. The average molecular weight is 380 g/mol. The summed E-state index contributed by atoms with van der Waals surface area (Å²) in [5.74, 6) is -2.67. The highest BCUT2D eigenvalue weighted by atomic mass is 16.2. The average Bonchev–Trinajstić information content (AvgIpc) is 2.67. The molecule has 1 heterocycles. The van der Waals surface area contributed by atoms with Crippen molar-refractivity contribution in [3.8, 4) is 0 Å². The topological polar surface area (TPSA) is 133 Å². The molecule has 1 saturated heterocycles. The van der Waals surface area contributed by atoms with E-state index < -0.39 is 29.6 Å². The van der Waals surface area contributed by atoms with E-state index in [4.69, 9.17) is 0 Å². The van der Waals surface area contributed by atoms with Crippen LogP contribution in [0.3, 0.4) is 0 Å². The van der Waals surface area contributed by atoms with E-state index in [9.17, 15) is 24.0 Å². The van der Waals surface area contributed by atoms with Crippen molar-refractivity contribution < 1.29 is 24.0 Å². The van der Waals surface area contributed by atoms with E-state index in [2.05, 4.69) is 21.3 Å². The number of rotatable bonds is 9. The van der Waals surface area contributed by atoms with Crippen molar-refractivity contribution >= 4 is 29.9 Å². The molecule has 2 unspecified atom stereocenters. The molecule has 0 bridgehead atoms. The van der Waals surface area contributed by atoms with Gasteiger partial charge in [-0.2, -0.15) is 0 Å². The number of Topliss-reactive ketones (excluding diaryl/α,β-unsaturated/α-hetero) is 1. The molecule has 9 heteroatoms. The van der Waals surface area contributed by atoms with Gasteiger partial charge >= 0.3 is 0 Å². The van der Waals surface area contributed by atoms with Crippen LogP contribution in [0.2, 0.25) is 0 Å². The van der Waals surface area contributed by atoms with Crippen molar-refractivity contribution in [2.75, 3.05) is 13.1 Å². The third kappa shape index (κ3) is 6.65. The lowest BCUT2D eigenvalue weighted by Gasteiger charge is -2.27. The summed E-state index contributed by atoms with van der Waals surface area (Å²) < 4.78 is 0. The zero-order valence-corrected chi connectivity index (χ0v) is 15.4. The van der Waals surface area contributed by atoms with Crippen molar-refractivity contribution in [2.24, 2.45) is 5.92 Å². The number of nitrogens with one attached hydrogen (secondary N) is 4. The number of hydrogen-bond donors (Lipinski definition) is 4. The predicted octanol–water partition coefficient (Wildman–Crippen LogP) is -0.848. The molecule has 4 amide bonds. The molecule has 2 fully saturated rings. The van der Waals surface area contributed by atoms with E-state index in [0.29, 0.717) is 19.4 Å². The monoisotopic (exact) mass is 380 g/mol. The van der Waals surface area contributed by atoms with E-state index in [0.717, 1.165) is 38.5 Å². The summed E-state index contributed by atoms with van der Waals surface area (Å²) in [4.78, 5) is 59.3. The van der Waals surface area contributed by atoms with Gasteiger partial charge in [-0.3, -0.25) is 24.0 Å². The second-order valence-electron chi connectivity index (χ2n) is 7.16. The molecule has 0 aromatic rings. The number of carbonyl (C=O) groups excluding carboxylic acids is 5. The van der Waals surface area contributed by atoms with Crippen molar-refractivity contribution in [2.45, 2.75) is 63.5 Å². The molecule has 0 spiro atoms. The predicted molar refractivity (Wildman–Crippen MR) is 96.4 cm³/mol. The third-order valence-corrected chi connectivity index (χ3v) is 5.08. The molecular weight excluding hydrogens is 352 g/mol. The molecule has 0 radical (unpaired) electrons. The number of carbonyl (C=O) groups is 5. The molecular formula is C18H28N4O5. The van der Waals surface area contributed by atoms with Gasteiger partial charge in [-0.15, -0.1) is 0 Å². The molecule has 1 aliphatic heterocycles. The lowest BCUT2D eigenvalue weighted by molar-refractivity contribution is -0.141. The van der Waals surface area contributed by atoms with Crippen LogP contribution in [-0.4, -0.2) is 55.1 Å². The number of ketones is 1. The first kappa shape index (κ1) is 20.9. The second kappa shape index (κ2) is 10.6. The molecule has 0 aromatic carbocycles. The van der Waals surface area contributed by atoms with Crippen LogP contribution >= 0.6 is 0 Å². The van der Waals surface area contributed by atoms with Crippen LogP contribution in [-0.2, 0) is 24.0 Å². The van der Waals surface area contributed by atoms with E-state index in [-0.39, 0.29) is 24.9 Å². The standard InChI is InChI=1S/C18H28N4O5/c23-11-19-10-15(24)22-14(9-12-5-4-8-20-17(12)26)16(25)18(27)21-13-6-2-1-3-7-13/h11-14H,1-10H2,(H,19,23)(H,20,26)(H,21,27)(H,22,24). The van der Waals surface area contributed by atoms with Gasteiger partial charge in [0.1, 0.15) is 0 Å². The summed E-state index contributed by atoms with van der Waals surface area (Å²) in [5, 5.41) is 10.2. The van der Waals surface area contributed by atoms with E-state index >= 15 is 0 Å². The van der Waals surface area contributed by atoms with Crippen molar-refractivity contribution in [3.05, 3.63) is 0 Å². The van der Waals surface area contributed by atoms with Crippen molar-refractivity contribution in [3.63, 3.8) is 0 Å². The van der Waals surface area contributed by atoms with Gasteiger partial charge in [0.25, 0.3) is 5.91 Å². The van der Waals surface area contributed by atoms with Crippen molar-refractivity contribution in [1.82, 2.24) is 21.3 Å². The van der Waals surface area contributed by atoms with Crippen LogP contribution in [0.15, 0.2) is 0 Å². The van der Waals surface area contributed by atoms with Gasteiger partial charge in [-0.1, -0.05) is 19.3 Å². The summed E-state index contributed by atoms with van der Waals surface area (Å²) in [6.45, 7) is 0.292. The maximum Gasteiger partial charge on any atom is 0.289 e. The highest BCUT2D eigenvalue weighted by Crippen LogP contribution is 2.19. The van der Waals surface area contributed by atoms with Crippen LogP contribution in [0.1, 0.15) is 51.4 Å². The van der Waals surface area contributed by atoms with E-state index in [1.807, 2.05) is 0 Å². The Balaban J connectivity index is 2.00. The summed E-state index contributed by atoms with van der Waals surface area (Å²) in [6, 6.07) is -1.12. The Hall–Kier alpha value is -2.45. The number of hydrogen-bond acceptors (Lipinski definition) is 5. The summed E-state index contributed by atoms with van der Waals surface area (Å²) in [5.41, 5.74) is 0. The largest absolute Gasteiger partial charge is 0.356 e. The fourth-order valence-electron chi connectivity index (χ4n) is 3.62. The highest BCUT2D eigenvalue weighted by Gasteiger charge is 2.33. The zero-order valence-electron chi connectivity index (χ0n) is 15.4. The molecule has 4 N–H and O–H groups in total. The minimum atomic E-state index is -1.09. The van der Waals surface area contributed by atoms with Gasteiger partial charge in [-0.05, 0) is 32.1 Å². The first-order valence-electron chi connectivity index (χ1n) is 9.60. The molecule has 2 rings (SSSR count). The zero-order chi connectivity index (χ0) is 19.6. The fraction of sp³-hybridized carbons (Fsp3) is 0.722. The van der Waals surface area contributed by atoms with Gasteiger partial charge in [0.05, 0.1) is 12.6 Å². The Labute approximate surface area is 158 Å². The summed E-state index contributed by atoms with van der Waals surface area (Å²) in [7, 11) is 0. The first-order chi connectivity index (χ1) is 13.0. The molecule has 0 aromatic heterocycles. The Morgan fingerprint density at radius 1 is 1.11 bits per heavy atom. The normalized spacial score (nSPS) is 21.5. The quantitative estimate of drug-likeness (QED) is 0.305. The highest BCUT2D eigenvalue weighted by molar-refractivity contribution is 6.38. The Bertz CT molecular complexity index is 574. The molecule has 27 heavy (non-hydrogen) atoms. The fourth-order valence-corrected chi connectivity index (χ4v) is 3.62. The lowest BCUT2D eigenvalue weighted by Crippen LogP contribution is -2.53. The van der Waals surface area contributed by atoms with Gasteiger partial charge < -0.3 is 21.3 Å². The minimum Gasteiger partial charge on any atom is -0.356 e. The van der Waals surface area contributed by atoms with Crippen LogP contribution < -0.4 is 21.3 Å². The minimum absolute atomic E-state index is 0.0266. The molecule has 9 nitrogen and oxygen atoms in total. The smallest absolute Gasteiger partial charge is 0.289 e. The van der Waals surface area contributed by atoms with E-state index in [1.54, 1.807) is 0 Å². The van der Waals surface area contributed by atoms with Crippen LogP contribution in [0.4, 0.5) is 0 Å². The van der Waals surface area contributed by atoms with Gasteiger partial charge in [0, 0.05) is 18.5 Å². The Morgan fingerprint density at radius 3 is 2.52 bits per heavy atom. The van der Waals surface area contributed by atoms with Crippen LogP contribution in [0.25, 0.3) is 0 Å². The van der Waals surface area contributed by atoms with Crippen LogP contribution in [0.5, 0.6) is 0 Å². The first-order valence-corrected chi connectivity index (χ1v) is 9.60. The molecule has 1 saturated carbocycles. The molecule has 2 aliphatic rings. The maximum atomic E-state index is 12.7. The molecule has 150 valence electrons. The lowest BCUT2D eigenvalue weighted by atomic mass is 9.89. The Morgan fingerprint density at radius 2 is 1.85 bits per heavy atom. The van der Waals surface area contributed by atoms with Gasteiger partial charge in [0.2, 0.25) is 24.0 Å². The third-order valence-electron chi connectivity index (χ3n) is 5.08. The number of amides is 4. The van der Waals surface area contributed by atoms with Gasteiger partial charge in [-0.25, -0.2) is 0 Å². The van der Waals surface area contributed by atoms with Crippen molar-refractivity contribution in [1.29, 1.82) is 0 Å². The SMILES string of the molecule is O=CNCC(=O)NC(CC1CCCNC1=O)C(=O)C(=O)NC1CCCCC1. The maximum absolute atomic E-state index is 12.7.